The van der Waals surface area contributed by atoms with E-state index in [1.807, 2.05) is 32.0 Å². The van der Waals surface area contributed by atoms with Gasteiger partial charge in [0.2, 0.25) is 5.91 Å². The highest BCUT2D eigenvalue weighted by atomic mass is 35.5. The van der Waals surface area contributed by atoms with Crippen LogP contribution in [0.25, 0.3) is 0 Å². The van der Waals surface area contributed by atoms with Crippen LogP contribution in [-0.2, 0) is 4.79 Å². The first kappa shape index (κ1) is 18.7. The zero-order valence-electron chi connectivity index (χ0n) is 13.1. The molecule has 1 amide bonds. The summed E-state index contributed by atoms with van der Waals surface area (Å²) >= 11 is 0. The number of β-amino-alcohol motifs (C(OH)–C–C–N with tert-alkyl or cyclic N) is 1. The molecule has 3 N–H and O–H groups in total. The Morgan fingerprint density at radius 2 is 2.18 bits per heavy atom. The van der Waals surface area contributed by atoms with E-state index in [-0.39, 0.29) is 30.3 Å². The lowest BCUT2D eigenvalue weighted by Crippen LogP contribution is -2.34. The second-order valence-electron chi connectivity index (χ2n) is 5.59. The van der Waals surface area contributed by atoms with E-state index < -0.39 is 0 Å². The van der Waals surface area contributed by atoms with Crippen molar-refractivity contribution in [1.82, 2.24) is 10.6 Å². The van der Waals surface area contributed by atoms with Crippen LogP contribution in [0.1, 0.15) is 17.5 Å². The van der Waals surface area contributed by atoms with E-state index in [4.69, 9.17) is 4.74 Å². The maximum atomic E-state index is 11.8. The van der Waals surface area contributed by atoms with Crippen LogP contribution >= 0.6 is 12.4 Å². The molecule has 5 nitrogen and oxygen atoms in total. The summed E-state index contributed by atoms with van der Waals surface area (Å²) in [6.07, 6.45) is -0.0413. The lowest BCUT2D eigenvalue weighted by atomic mass is 10.1. The summed E-state index contributed by atoms with van der Waals surface area (Å²) in [6.45, 7) is 6.28. The molecule has 22 heavy (non-hydrogen) atoms. The standard InChI is InChI=1S/C16H24N2O3.ClH/c1-11-4-3-5-15(12(11)2)21-7-6-16(20)18-9-13-8-17-10-14(13)19;/h3-5,13-14,17,19H,6-10H2,1-2H3,(H,18,20);1H. The SMILES string of the molecule is Cc1cccc(OCCC(=O)NCC2CNCC2O)c1C.Cl. The van der Waals surface area contributed by atoms with E-state index in [0.717, 1.165) is 17.9 Å². The predicted molar refractivity (Wildman–Crippen MR) is 88.7 cm³/mol. The summed E-state index contributed by atoms with van der Waals surface area (Å²) in [5, 5.41) is 15.6. The first-order chi connectivity index (χ1) is 10.1. The first-order valence-electron chi connectivity index (χ1n) is 7.42. The van der Waals surface area contributed by atoms with Gasteiger partial charge in [0.25, 0.3) is 0 Å². The monoisotopic (exact) mass is 328 g/mol. The van der Waals surface area contributed by atoms with Gasteiger partial charge in [-0.15, -0.1) is 12.4 Å². The van der Waals surface area contributed by atoms with Crippen molar-refractivity contribution in [2.24, 2.45) is 5.92 Å². The number of carbonyl (C=O) groups is 1. The van der Waals surface area contributed by atoms with Gasteiger partial charge in [-0.25, -0.2) is 0 Å². The van der Waals surface area contributed by atoms with Crippen molar-refractivity contribution in [2.45, 2.75) is 26.4 Å². The van der Waals surface area contributed by atoms with E-state index in [1.165, 1.54) is 5.56 Å². The Balaban J connectivity index is 0.00000242. The van der Waals surface area contributed by atoms with Crippen LogP contribution in [0, 0.1) is 19.8 Å². The molecular weight excluding hydrogens is 304 g/mol. The van der Waals surface area contributed by atoms with E-state index in [1.54, 1.807) is 0 Å². The topological polar surface area (TPSA) is 70.6 Å². The highest BCUT2D eigenvalue weighted by molar-refractivity contribution is 5.85. The fraction of sp³-hybridized carbons (Fsp3) is 0.562. The summed E-state index contributed by atoms with van der Waals surface area (Å²) in [6, 6.07) is 5.91. The van der Waals surface area contributed by atoms with Crippen LogP contribution in [-0.4, -0.2) is 43.4 Å². The van der Waals surface area contributed by atoms with E-state index in [0.29, 0.717) is 26.1 Å². The van der Waals surface area contributed by atoms with Gasteiger partial charge in [-0.2, -0.15) is 0 Å². The number of aliphatic hydroxyl groups is 1. The highest BCUT2D eigenvalue weighted by Crippen LogP contribution is 2.20. The number of hydrogen-bond acceptors (Lipinski definition) is 4. The molecule has 6 heteroatoms. The number of benzene rings is 1. The number of amides is 1. The molecule has 0 radical (unpaired) electrons. The summed E-state index contributed by atoms with van der Waals surface area (Å²) < 4.78 is 5.66. The van der Waals surface area contributed by atoms with Gasteiger partial charge in [0, 0.05) is 25.6 Å². The lowest BCUT2D eigenvalue weighted by molar-refractivity contribution is -0.121. The molecule has 0 aliphatic carbocycles. The lowest BCUT2D eigenvalue weighted by Gasteiger charge is -2.14. The first-order valence-corrected chi connectivity index (χ1v) is 7.42. The Morgan fingerprint density at radius 1 is 1.41 bits per heavy atom. The molecule has 1 heterocycles. The molecule has 124 valence electrons. The Kier molecular flexibility index (Phi) is 7.65. The molecule has 0 spiro atoms. The molecule has 2 rings (SSSR count). The minimum Gasteiger partial charge on any atom is -0.493 e. The number of ether oxygens (including phenoxy) is 1. The molecule has 1 aromatic carbocycles. The number of hydrogen-bond donors (Lipinski definition) is 3. The van der Waals surface area contributed by atoms with Crippen LogP contribution in [0.4, 0.5) is 0 Å². The van der Waals surface area contributed by atoms with E-state index in [9.17, 15) is 9.90 Å². The van der Waals surface area contributed by atoms with Crippen LogP contribution < -0.4 is 15.4 Å². The molecule has 2 atom stereocenters. The summed E-state index contributed by atoms with van der Waals surface area (Å²) in [5.41, 5.74) is 2.29. The third kappa shape index (κ3) is 5.16. The molecule has 1 aliphatic heterocycles. The van der Waals surface area contributed by atoms with Gasteiger partial charge in [0.05, 0.1) is 19.1 Å². The van der Waals surface area contributed by atoms with E-state index in [2.05, 4.69) is 10.6 Å². The van der Waals surface area contributed by atoms with Crippen LogP contribution in [0.15, 0.2) is 18.2 Å². The molecule has 1 saturated heterocycles. The number of aryl methyl sites for hydroxylation is 1. The van der Waals surface area contributed by atoms with Gasteiger partial charge < -0.3 is 20.5 Å². The van der Waals surface area contributed by atoms with Crippen molar-refractivity contribution in [1.29, 1.82) is 0 Å². The predicted octanol–water partition coefficient (Wildman–Crippen LogP) is 1.19. The van der Waals surface area contributed by atoms with Crippen molar-refractivity contribution in [2.75, 3.05) is 26.2 Å². The number of aliphatic hydroxyl groups excluding tert-OH is 1. The second-order valence-corrected chi connectivity index (χ2v) is 5.59. The third-order valence-electron chi connectivity index (χ3n) is 4.01. The maximum absolute atomic E-state index is 11.8. The van der Waals surface area contributed by atoms with Crippen LogP contribution in [0.3, 0.4) is 0 Å². The van der Waals surface area contributed by atoms with Crippen molar-refractivity contribution < 1.29 is 14.6 Å². The molecule has 0 saturated carbocycles. The quantitative estimate of drug-likeness (QED) is 0.733. The Bertz CT molecular complexity index is 496. The number of halogens is 1. The zero-order valence-corrected chi connectivity index (χ0v) is 13.9. The molecule has 0 bridgehead atoms. The second kappa shape index (κ2) is 8.98. The minimum atomic E-state index is -0.364. The summed E-state index contributed by atoms with van der Waals surface area (Å²) in [5.74, 6) is 0.895. The van der Waals surface area contributed by atoms with E-state index >= 15 is 0 Å². The number of rotatable bonds is 6. The Labute approximate surface area is 137 Å². The average molecular weight is 329 g/mol. The summed E-state index contributed by atoms with van der Waals surface area (Å²) in [4.78, 5) is 11.8. The average Bonchev–Trinajstić information content (AvgIpc) is 2.87. The van der Waals surface area contributed by atoms with Gasteiger partial charge in [-0.3, -0.25) is 4.79 Å². The molecule has 1 fully saturated rings. The van der Waals surface area contributed by atoms with Crippen molar-refractivity contribution in [3.05, 3.63) is 29.3 Å². The molecular formula is C16H25ClN2O3. The van der Waals surface area contributed by atoms with Crippen molar-refractivity contribution in [3.63, 3.8) is 0 Å². The Morgan fingerprint density at radius 3 is 2.86 bits per heavy atom. The zero-order chi connectivity index (χ0) is 15.2. The van der Waals surface area contributed by atoms with Crippen LogP contribution in [0.2, 0.25) is 0 Å². The number of nitrogens with one attached hydrogen (secondary N) is 2. The van der Waals surface area contributed by atoms with Crippen LogP contribution in [0.5, 0.6) is 5.75 Å². The van der Waals surface area contributed by atoms with Gasteiger partial charge in [-0.1, -0.05) is 12.1 Å². The number of carbonyl (C=O) groups excluding carboxylic acids is 1. The molecule has 2 unspecified atom stereocenters. The van der Waals surface area contributed by atoms with Gasteiger partial charge in [-0.05, 0) is 31.0 Å². The molecule has 1 aliphatic rings. The summed E-state index contributed by atoms with van der Waals surface area (Å²) in [7, 11) is 0. The fourth-order valence-corrected chi connectivity index (χ4v) is 2.40. The fourth-order valence-electron chi connectivity index (χ4n) is 2.40. The smallest absolute Gasteiger partial charge is 0.223 e. The van der Waals surface area contributed by atoms with Crippen molar-refractivity contribution in [3.8, 4) is 5.75 Å². The van der Waals surface area contributed by atoms with Gasteiger partial charge in [0.1, 0.15) is 5.75 Å². The Hall–Kier alpha value is -1.30. The third-order valence-corrected chi connectivity index (χ3v) is 4.01. The highest BCUT2D eigenvalue weighted by Gasteiger charge is 2.24. The largest absolute Gasteiger partial charge is 0.493 e. The minimum absolute atomic E-state index is 0. The molecule has 0 aromatic heterocycles. The normalized spacial score (nSPS) is 20.3. The van der Waals surface area contributed by atoms with Crippen molar-refractivity contribution >= 4 is 18.3 Å². The molecule has 1 aromatic rings. The maximum Gasteiger partial charge on any atom is 0.223 e. The van der Waals surface area contributed by atoms with Gasteiger partial charge >= 0.3 is 0 Å². The van der Waals surface area contributed by atoms with Gasteiger partial charge in [0.15, 0.2) is 0 Å².